The molecule has 0 radical (unpaired) electrons. The maximum Gasteiger partial charge on any atom is 0.0431 e. The molecular formula is C24H44ClNO. The van der Waals surface area contributed by atoms with Crippen molar-refractivity contribution in [2.45, 2.75) is 97.4 Å². The van der Waals surface area contributed by atoms with Gasteiger partial charge in [0.05, 0.1) is 0 Å². The van der Waals surface area contributed by atoms with Crippen molar-refractivity contribution in [3.63, 3.8) is 0 Å². The zero-order valence-electron chi connectivity index (χ0n) is 18.0. The van der Waals surface area contributed by atoms with Crippen LogP contribution >= 0.6 is 12.4 Å². The molecule has 0 aromatic heterocycles. The third kappa shape index (κ3) is 3.50. The summed E-state index contributed by atoms with van der Waals surface area (Å²) in [6.07, 6.45) is 14.9. The van der Waals surface area contributed by atoms with Gasteiger partial charge in [0, 0.05) is 12.6 Å². The Labute approximate surface area is 173 Å². The van der Waals surface area contributed by atoms with Crippen molar-refractivity contribution in [1.82, 2.24) is 0 Å². The molecule has 4 fully saturated rings. The molecule has 3 N–H and O–H groups in total. The van der Waals surface area contributed by atoms with Gasteiger partial charge in [-0.05, 0) is 117 Å². The minimum Gasteiger partial charge on any atom is -0.396 e. The second-order valence-electron chi connectivity index (χ2n) is 11.3. The van der Waals surface area contributed by atoms with E-state index < -0.39 is 0 Å². The van der Waals surface area contributed by atoms with Crippen LogP contribution in [0.4, 0.5) is 0 Å². The van der Waals surface area contributed by atoms with Crippen LogP contribution in [0.5, 0.6) is 0 Å². The van der Waals surface area contributed by atoms with Crippen molar-refractivity contribution in [2.75, 3.05) is 6.61 Å². The molecule has 158 valence electrons. The van der Waals surface area contributed by atoms with Gasteiger partial charge in [-0.3, -0.25) is 0 Å². The number of halogens is 1. The first-order chi connectivity index (χ1) is 12.4. The predicted octanol–water partition coefficient (Wildman–Crippen LogP) is 5.80. The molecule has 2 nitrogen and oxygen atoms in total. The van der Waals surface area contributed by atoms with Gasteiger partial charge in [0.15, 0.2) is 0 Å². The summed E-state index contributed by atoms with van der Waals surface area (Å²) < 4.78 is 0. The Bertz CT molecular complexity index is 513. The van der Waals surface area contributed by atoms with Gasteiger partial charge < -0.3 is 10.8 Å². The highest BCUT2D eigenvalue weighted by Crippen LogP contribution is 2.68. The van der Waals surface area contributed by atoms with E-state index in [0.29, 0.717) is 23.5 Å². The molecule has 9 atom stereocenters. The lowest BCUT2D eigenvalue weighted by Crippen LogP contribution is -2.54. The van der Waals surface area contributed by atoms with Crippen LogP contribution in [0.2, 0.25) is 0 Å². The molecule has 4 saturated carbocycles. The third-order valence-corrected chi connectivity index (χ3v) is 10.3. The number of nitrogens with two attached hydrogens (primary N) is 1. The summed E-state index contributed by atoms with van der Waals surface area (Å²) in [5, 5.41) is 9.26. The van der Waals surface area contributed by atoms with Crippen molar-refractivity contribution in [3.8, 4) is 0 Å². The fraction of sp³-hybridized carbons (Fsp3) is 1.00. The lowest BCUT2D eigenvalue weighted by Gasteiger charge is -2.61. The van der Waals surface area contributed by atoms with Gasteiger partial charge in [0.25, 0.3) is 0 Å². The minimum absolute atomic E-state index is 0. The molecular weight excluding hydrogens is 354 g/mol. The molecule has 3 heteroatoms. The molecule has 0 bridgehead atoms. The van der Waals surface area contributed by atoms with E-state index in [2.05, 4.69) is 20.8 Å². The lowest BCUT2D eigenvalue weighted by molar-refractivity contribution is -0.116. The van der Waals surface area contributed by atoms with Gasteiger partial charge in [-0.15, -0.1) is 12.4 Å². The second-order valence-corrected chi connectivity index (χ2v) is 11.3. The smallest absolute Gasteiger partial charge is 0.0431 e. The first kappa shape index (κ1) is 21.9. The molecule has 4 aliphatic rings. The fourth-order valence-electron chi connectivity index (χ4n) is 8.88. The highest BCUT2D eigenvalue weighted by atomic mass is 35.5. The quantitative estimate of drug-likeness (QED) is 0.629. The summed E-state index contributed by atoms with van der Waals surface area (Å²) in [6.45, 7) is 8.15. The summed E-state index contributed by atoms with van der Waals surface area (Å²) in [6, 6.07) is 0.474. The van der Waals surface area contributed by atoms with Crippen LogP contribution in [0.15, 0.2) is 0 Å². The lowest BCUT2D eigenvalue weighted by atomic mass is 9.44. The third-order valence-electron chi connectivity index (χ3n) is 10.3. The van der Waals surface area contributed by atoms with Gasteiger partial charge in [-0.25, -0.2) is 0 Å². The van der Waals surface area contributed by atoms with Gasteiger partial charge in [0.1, 0.15) is 0 Å². The van der Waals surface area contributed by atoms with Crippen LogP contribution < -0.4 is 5.73 Å². The van der Waals surface area contributed by atoms with E-state index in [0.717, 1.165) is 41.9 Å². The summed E-state index contributed by atoms with van der Waals surface area (Å²) in [5.74, 6) is 5.50. The first-order valence-corrected chi connectivity index (χ1v) is 11.8. The van der Waals surface area contributed by atoms with E-state index in [-0.39, 0.29) is 12.4 Å². The molecule has 0 amide bonds. The highest BCUT2D eigenvalue weighted by molar-refractivity contribution is 5.85. The summed E-state index contributed by atoms with van der Waals surface area (Å²) in [5.41, 5.74) is 7.51. The molecule has 0 aliphatic heterocycles. The van der Waals surface area contributed by atoms with Crippen molar-refractivity contribution >= 4 is 12.4 Å². The standard InChI is InChI=1S/C24H43NO.ClH/c1-16(5-4-14-26)20-8-9-21-19-7-6-17-15-18(25)10-12-23(17,2)22(19)11-13-24(20,21)3;/h16-22,26H,4-15,25H2,1-3H3;1H/t16-,17-,18-,19+,20-,21+,22+,23+,24-;/m1./s1. The van der Waals surface area contributed by atoms with Gasteiger partial charge in [-0.2, -0.15) is 0 Å². The van der Waals surface area contributed by atoms with Gasteiger partial charge in [-0.1, -0.05) is 20.8 Å². The van der Waals surface area contributed by atoms with E-state index in [1.54, 1.807) is 0 Å². The largest absolute Gasteiger partial charge is 0.396 e. The predicted molar refractivity (Wildman–Crippen MR) is 116 cm³/mol. The highest BCUT2D eigenvalue weighted by Gasteiger charge is 2.60. The molecule has 0 spiro atoms. The van der Waals surface area contributed by atoms with Crippen LogP contribution in [-0.2, 0) is 0 Å². The summed E-state index contributed by atoms with van der Waals surface area (Å²) in [4.78, 5) is 0. The maximum absolute atomic E-state index is 9.26. The Morgan fingerprint density at radius 2 is 1.67 bits per heavy atom. The fourth-order valence-corrected chi connectivity index (χ4v) is 8.88. The average molecular weight is 398 g/mol. The molecule has 0 heterocycles. The molecule has 4 aliphatic carbocycles. The molecule has 27 heavy (non-hydrogen) atoms. The normalized spacial score (nSPS) is 50.1. The number of aliphatic hydroxyl groups is 1. The monoisotopic (exact) mass is 397 g/mol. The van der Waals surface area contributed by atoms with Crippen molar-refractivity contribution in [1.29, 1.82) is 0 Å². The Hall–Kier alpha value is 0.210. The van der Waals surface area contributed by atoms with E-state index >= 15 is 0 Å². The molecule has 0 saturated heterocycles. The Morgan fingerprint density at radius 3 is 2.41 bits per heavy atom. The molecule has 0 unspecified atom stereocenters. The number of aliphatic hydroxyl groups excluding tert-OH is 1. The van der Waals surface area contributed by atoms with E-state index in [1.165, 1.54) is 64.2 Å². The van der Waals surface area contributed by atoms with Crippen LogP contribution in [0.1, 0.15) is 91.4 Å². The van der Waals surface area contributed by atoms with Gasteiger partial charge in [0.2, 0.25) is 0 Å². The second kappa shape index (κ2) is 8.15. The van der Waals surface area contributed by atoms with Gasteiger partial charge >= 0.3 is 0 Å². The van der Waals surface area contributed by atoms with E-state index in [9.17, 15) is 5.11 Å². The topological polar surface area (TPSA) is 46.2 Å². The van der Waals surface area contributed by atoms with Crippen LogP contribution in [0, 0.1) is 46.3 Å². The average Bonchev–Trinajstić information content (AvgIpc) is 2.97. The zero-order valence-corrected chi connectivity index (χ0v) is 18.8. The zero-order chi connectivity index (χ0) is 18.5. The number of hydrogen-bond donors (Lipinski definition) is 2. The number of rotatable bonds is 4. The number of hydrogen-bond acceptors (Lipinski definition) is 2. The van der Waals surface area contributed by atoms with Crippen molar-refractivity contribution < 1.29 is 5.11 Å². The van der Waals surface area contributed by atoms with E-state index in [4.69, 9.17) is 5.73 Å². The summed E-state index contributed by atoms with van der Waals surface area (Å²) >= 11 is 0. The van der Waals surface area contributed by atoms with Crippen molar-refractivity contribution in [2.24, 2.45) is 52.1 Å². The van der Waals surface area contributed by atoms with Crippen LogP contribution in [-0.4, -0.2) is 17.8 Å². The number of fused-ring (bicyclic) bond motifs is 5. The Kier molecular flexibility index (Phi) is 6.61. The SMILES string of the molecule is C[C@H](CCCO)[C@H]1CC[C@H]2[C@@H]3CC[C@@H]4C[C@H](N)CC[C@]4(C)[C@H]3CC[C@]12C.Cl. The van der Waals surface area contributed by atoms with Crippen LogP contribution in [0.25, 0.3) is 0 Å². The molecule has 0 aromatic rings. The maximum atomic E-state index is 9.26. The van der Waals surface area contributed by atoms with Crippen molar-refractivity contribution in [3.05, 3.63) is 0 Å². The Balaban J connectivity index is 0.00000210. The Morgan fingerprint density at radius 1 is 0.963 bits per heavy atom. The summed E-state index contributed by atoms with van der Waals surface area (Å²) in [7, 11) is 0. The minimum atomic E-state index is 0. The molecule has 0 aromatic carbocycles. The van der Waals surface area contributed by atoms with E-state index in [1.807, 2.05) is 0 Å². The first-order valence-electron chi connectivity index (χ1n) is 11.8. The van der Waals surface area contributed by atoms with Crippen LogP contribution in [0.3, 0.4) is 0 Å². The molecule has 4 rings (SSSR count).